The number of anilines is 1. The Morgan fingerprint density at radius 2 is 2.08 bits per heavy atom. The number of carbonyl (C=O) groups excluding carboxylic acids is 1. The maximum absolute atomic E-state index is 14.7. The number of ether oxygens (including phenoxy) is 1. The first kappa shape index (κ1) is 15.4. The van der Waals surface area contributed by atoms with Crippen molar-refractivity contribution >= 4 is 23.2 Å². The number of pyridine rings is 1. The topological polar surface area (TPSA) is 42.4 Å². The molecule has 124 valence electrons. The minimum atomic E-state index is -0.626. The van der Waals surface area contributed by atoms with Gasteiger partial charge in [-0.05, 0) is 32.4 Å². The monoisotopic (exact) mass is 346 g/mol. The standard InChI is InChI=1S/C18H16ClFN2O2/c1-18(2)12-7-16(19)21-9-11(12)10-6-13(20)14(8-15(10)24-18)22-5-3-4-17(22)23/h6-9H,3-5H2,1-2H3. The van der Waals surface area contributed by atoms with Gasteiger partial charge in [0.15, 0.2) is 0 Å². The van der Waals surface area contributed by atoms with Gasteiger partial charge in [-0.2, -0.15) is 0 Å². The van der Waals surface area contributed by atoms with Crippen molar-refractivity contribution in [2.75, 3.05) is 11.4 Å². The Labute approximate surface area is 144 Å². The predicted molar refractivity (Wildman–Crippen MR) is 89.9 cm³/mol. The molecule has 0 bridgehead atoms. The van der Waals surface area contributed by atoms with Crippen LogP contribution in [0.2, 0.25) is 5.15 Å². The van der Waals surface area contributed by atoms with Crippen molar-refractivity contribution in [1.29, 1.82) is 0 Å². The zero-order valence-electron chi connectivity index (χ0n) is 13.4. The van der Waals surface area contributed by atoms with E-state index in [1.54, 1.807) is 18.3 Å². The number of hydrogen-bond acceptors (Lipinski definition) is 3. The predicted octanol–water partition coefficient (Wildman–Crippen LogP) is 4.30. The molecule has 1 saturated heterocycles. The third-order valence-corrected chi connectivity index (χ3v) is 4.79. The summed E-state index contributed by atoms with van der Waals surface area (Å²) in [6.45, 7) is 4.38. The van der Waals surface area contributed by atoms with Crippen molar-refractivity contribution < 1.29 is 13.9 Å². The minimum absolute atomic E-state index is 0.0576. The van der Waals surface area contributed by atoms with E-state index in [9.17, 15) is 9.18 Å². The van der Waals surface area contributed by atoms with Crippen LogP contribution < -0.4 is 9.64 Å². The quantitative estimate of drug-likeness (QED) is 0.723. The molecule has 6 heteroatoms. The first-order chi connectivity index (χ1) is 11.4. The molecule has 0 aliphatic carbocycles. The summed E-state index contributed by atoms with van der Waals surface area (Å²) in [6.07, 6.45) is 2.84. The molecule has 2 aliphatic rings. The van der Waals surface area contributed by atoms with E-state index in [0.717, 1.165) is 17.5 Å². The van der Waals surface area contributed by atoms with Crippen LogP contribution in [0.5, 0.6) is 5.75 Å². The average molecular weight is 347 g/mol. The highest BCUT2D eigenvalue weighted by Crippen LogP contribution is 2.47. The average Bonchev–Trinajstić information content (AvgIpc) is 2.94. The van der Waals surface area contributed by atoms with Crippen molar-refractivity contribution in [3.8, 4) is 16.9 Å². The van der Waals surface area contributed by atoms with E-state index in [1.807, 2.05) is 13.8 Å². The van der Waals surface area contributed by atoms with Crippen molar-refractivity contribution in [1.82, 2.24) is 4.98 Å². The van der Waals surface area contributed by atoms with Gasteiger partial charge in [0.2, 0.25) is 5.91 Å². The van der Waals surface area contributed by atoms with Crippen LogP contribution in [0.1, 0.15) is 32.3 Å². The Hall–Kier alpha value is -2.14. The number of rotatable bonds is 1. The van der Waals surface area contributed by atoms with Gasteiger partial charge in [-0.25, -0.2) is 9.37 Å². The summed E-state index contributed by atoms with van der Waals surface area (Å²) in [5.74, 6) is 0.0543. The largest absolute Gasteiger partial charge is 0.482 e. The zero-order valence-corrected chi connectivity index (χ0v) is 14.2. The summed E-state index contributed by atoms with van der Waals surface area (Å²) in [6, 6.07) is 4.78. The maximum Gasteiger partial charge on any atom is 0.227 e. The van der Waals surface area contributed by atoms with E-state index in [0.29, 0.717) is 29.4 Å². The first-order valence-electron chi connectivity index (χ1n) is 7.86. The maximum atomic E-state index is 14.7. The molecule has 1 aromatic heterocycles. The van der Waals surface area contributed by atoms with Crippen LogP contribution in [0.3, 0.4) is 0 Å². The molecule has 0 saturated carbocycles. The fourth-order valence-corrected chi connectivity index (χ4v) is 3.58. The summed E-state index contributed by atoms with van der Waals surface area (Å²) in [4.78, 5) is 17.6. The SMILES string of the molecule is CC1(C)Oc2cc(N3CCCC3=O)c(F)cc2-c2cnc(Cl)cc21. The lowest BCUT2D eigenvalue weighted by Gasteiger charge is -2.35. The Bertz CT molecular complexity index is 866. The summed E-state index contributed by atoms with van der Waals surface area (Å²) in [5.41, 5.74) is 1.93. The molecule has 0 N–H and O–H groups in total. The third kappa shape index (κ3) is 2.26. The molecule has 2 aliphatic heterocycles. The molecular weight excluding hydrogens is 331 g/mol. The van der Waals surface area contributed by atoms with Crippen LogP contribution in [0.25, 0.3) is 11.1 Å². The number of fused-ring (bicyclic) bond motifs is 3. The highest BCUT2D eigenvalue weighted by Gasteiger charge is 2.35. The molecule has 2 aromatic rings. The van der Waals surface area contributed by atoms with Gasteiger partial charge < -0.3 is 9.64 Å². The minimum Gasteiger partial charge on any atom is -0.482 e. The van der Waals surface area contributed by atoms with E-state index in [-0.39, 0.29) is 11.6 Å². The Balaban J connectivity index is 1.90. The van der Waals surface area contributed by atoms with E-state index in [4.69, 9.17) is 16.3 Å². The molecule has 0 atom stereocenters. The van der Waals surface area contributed by atoms with Gasteiger partial charge in [0.1, 0.15) is 22.3 Å². The van der Waals surface area contributed by atoms with Crippen molar-refractivity contribution in [3.05, 3.63) is 40.9 Å². The Morgan fingerprint density at radius 1 is 1.29 bits per heavy atom. The molecule has 0 unspecified atom stereocenters. The molecular formula is C18H16ClFN2O2. The first-order valence-corrected chi connectivity index (χ1v) is 8.24. The molecule has 4 rings (SSSR count). The van der Waals surface area contributed by atoms with Crippen molar-refractivity contribution in [3.63, 3.8) is 0 Å². The third-order valence-electron chi connectivity index (χ3n) is 4.59. The summed E-state index contributed by atoms with van der Waals surface area (Å²) in [5, 5.41) is 0.369. The number of nitrogens with zero attached hydrogens (tertiary/aromatic N) is 2. The second kappa shape index (κ2) is 5.18. The van der Waals surface area contributed by atoms with Crippen LogP contribution in [0.15, 0.2) is 24.4 Å². The van der Waals surface area contributed by atoms with Crippen molar-refractivity contribution in [2.45, 2.75) is 32.3 Å². The fraction of sp³-hybridized carbons (Fsp3) is 0.333. The summed E-state index contributed by atoms with van der Waals surface area (Å²) in [7, 11) is 0. The molecule has 1 fully saturated rings. The number of halogens is 2. The second-order valence-electron chi connectivity index (χ2n) is 6.61. The van der Waals surface area contributed by atoms with Crippen LogP contribution >= 0.6 is 11.6 Å². The molecule has 24 heavy (non-hydrogen) atoms. The number of benzene rings is 1. The fourth-order valence-electron chi connectivity index (χ4n) is 3.42. The number of carbonyl (C=O) groups is 1. The lowest BCUT2D eigenvalue weighted by molar-refractivity contribution is -0.117. The highest BCUT2D eigenvalue weighted by molar-refractivity contribution is 6.29. The Morgan fingerprint density at radius 3 is 2.79 bits per heavy atom. The van der Waals surface area contributed by atoms with Gasteiger partial charge in [0.05, 0.1) is 5.69 Å². The molecule has 1 aromatic carbocycles. The highest BCUT2D eigenvalue weighted by atomic mass is 35.5. The number of amides is 1. The lowest BCUT2D eigenvalue weighted by Crippen LogP contribution is -2.30. The van der Waals surface area contributed by atoms with Gasteiger partial charge in [0, 0.05) is 41.9 Å². The smallest absolute Gasteiger partial charge is 0.227 e. The van der Waals surface area contributed by atoms with E-state index < -0.39 is 11.4 Å². The van der Waals surface area contributed by atoms with Crippen LogP contribution in [0, 0.1) is 5.82 Å². The van der Waals surface area contributed by atoms with Gasteiger partial charge in [-0.1, -0.05) is 11.6 Å². The lowest BCUT2D eigenvalue weighted by atomic mass is 9.87. The molecule has 4 nitrogen and oxygen atoms in total. The molecule has 0 spiro atoms. The zero-order chi connectivity index (χ0) is 17.1. The van der Waals surface area contributed by atoms with E-state index in [2.05, 4.69) is 4.98 Å². The van der Waals surface area contributed by atoms with Crippen LogP contribution in [0.4, 0.5) is 10.1 Å². The van der Waals surface area contributed by atoms with Crippen molar-refractivity contribution in [2.24, 2.45) is 0 Å². The Kier molecular flexibility index (Phi) is 3.32. The number of hydrogen-bond donors (Lipinski definition) is 0. The van der Waals surface area contributed by atoms with Crippen LogP contribution in [-0.4, -0.2) is 17.4 Å². The van der Waals surface area contributed by atoms with Crippen LogP contribution in [-0.2, 0) is 10.4 Å². The van der Waals surface area contributed by atoms with E-state index >= 15 is 0 Å². The summed E-state index contributed by atoms with van der Waals surface area (Å²) < 4.78 is 20.8. The second-order valence-corrected chi connectivity index (χ2v) is 7.00. The molecule has 0 radical (unpaired) electrons. The normalized spacial score (nSPS) is 18.2. The van der Waals surface area contributed by atoms with Gasteiger partial charge in [-0.3, -0.25) is 4.79 Å². The van der Waals surface area contributed by atoms with E-state index in [1.165, 1.54) is 11.0 Å². The number of aromatic nitrogens is 1. The molecule has 1 amide bonds. The van der Waals surface area contributed by atoms with Gasteiger partial charge in [-0.15, -0.1) is 0 Å². The molecule has 3 heterocycles. The van der Waals surface area contributed by atoms with Gasteiger partial charge >= 0.3 is 0 Å². The van der Waals surface area contributed by atoms with Gasteiger partial charge in [0.25, 0.3) is 0 Å². The summed E-state index contributed by atoms with van der Waals surface area (Å²) >= 11 is 6.00.